The van der Waals surface area contributed by atoms with Crippen molar-refractivity contribution in [2.24, 2.45) is 0 Å². The molecule has 0 bridgehead atoms. The molecule has 1 heterocycles. The predicted molar refractivity (Wildman–Crippen MR) is 90.3 cm³/mol. The Morgan fingerprint density at radius 3 is 2.50 bits per heavy atom. The SMILES string of the molecule is CNC(=S)N1CCN(CCCC(O)c2ccc(F)cc2)CC1. The van der Waals surface area contributed by atoms with Crippen molar-refractivity contribution in [2.75, 3.05) is 39.8 Å². The van der Waals surface area contributed by atoms with E-state index in [1.807, 2.05) is 7.05 Å². The number of rotatable bonds is 5. The Hall–Kier alpha value is -1.24. The van der Waals surface area contributed by atoms with Crippen LogP contribution < -0.4 is 5.32 Å². The van der Waals surface area contributed by atoms with Crippen LogP contribution in [0.5, 0.6) is 0 Å². The summed E-state index contributed by atoms with van der Waals surface area (Å²) < 4.78 is 12.9. The molecule has 1 aromatic carbocycles. The number of benzene rings is 1. The summed E-state index contributed by atoms with van der Waals surface area (Å²) in [5.74, 6) is -0.270. The van der Waals surface area contributed by atoms with E-state index in [0.29, 0.717) is 6.42 Å². The molecule has 1 saturated heterocycles. The lowest BCUT2D eigenvalue weighted by atomic mass is 10.0. The zero-order valence-corrected chi connectivity index (χ0v) is 13.8. The second kappa shape index (κ2) is 8.41. The van der Waals surface area contributed by atoms with E-state index in [4.69, 9.17) is 12.2 Å². The van der Waals surface area contributed by atoms with E-state index < -0.39 is 6.10 Å². The molecule has 4 nitrogen and oxygen atoms in total. The largest absolute Gasteiger partial charge is 0.388 e. The number of hydrogen-bond donors (Lipinski definition) is 2. The number of nitrogens with one attached hydrogen (secondary N) is 1. The van der Waals surface area contributed by atoms with Gasteiger partial charge >= 0.3 is 0 Å². The lowest BCUT2D eigenvalue weighted by Crippen LogP contribution is -2.51. The fraction of sp³-hybridized carbons (Fsp3) is 0.562. The van der Waals surface area contributed by atoms with E-state index in [1.54, 1.807) is 12.1 Å². The van der Waals surface area contributed by atoms with Crippen molar-refractivity contribution in [3.63, 3.8) is 0 Å². The fourth-order valence-electron chi connectivity index (χ4n) is 2.69. The third-order valence-electron chi connectivity index (χ3n) is 4.08. The topological polar surface area (TPSA) is 38.7 Å². The highest BCUT2D eigenvalue weighted by Crippen LogP contribution is 2.19. The minimum absolute atomic E-state index is 0.270. The van der Waals surface area contributed by atoms with Gasteiger partial charge in [-0.1, -0.05) is 12.1 Å². The summed E-state index contributed by atoms with van der Waals surface area (Å²) in [7, 11) is 1.85. The summed E-state index contributed by atoms with van der Waals surface area (Å²) in [6, 6.07) is 6.08. The Labute approximate surface area is 136 Å². The average molecular weight is 325 g/mol. The van der Waals surface area contributed by atoms with Crippen molar-refractivity contribution in [1.29, 1.82) is 0 Å². The molecule has 0 spiro atoms. The van der Waals surface area contributed by atoms with Gasteiger partial charge in [0.05, 0.1) is 6.10 Å². The number of halogens is 1. The maximum absolute atomic E-state index is 12.9. The van der Waals surface area contributed by atoms with Crippen LogP contribution in [0.3, 0.4) is 0 Å². The van der Waals surface area contributed by atoms with Gasteiger partial charge in [-0.25, -0.2) is 4.39 Å². The number of aliphatic hydroxyl groups excluding tert-OH is 1. The van der Waals surface area contributed by atoms with Gasteiger partial charge in [0, 0.05) is 33.2 Å². The van der Waals surface area contributed by atoms with Crippen LogP contribution in [0.25, 0.3) is 0 Å². The normalized spacial score (nSPS) is 17.3. The van der Waals surface area contributed by atoms with E-state index in [-0.39, 0.29) is 5.82 Å². The number of hydrogen-bond acceptors (Lipinski definition) is 3. The van der Waals surface area contributed by atoms with Gasteiger partial charge in [-0.3, -0.25) is 4.90 Å². The minimum atomic E-state index is -0.515. The molecule has 6 heteroatoms. The third-order valence-corrected chi connectivity index (χ3v) is 4.54. The lowest BCUT2D eigenvalue weighted by molar-refractivity contribution is 0.142. The summed E-state index contributed by atoms with van der Waals surface area (Å²) >= 11 is 5.24. The zero-order valence-electron chi connectivity index (χ0n) is 13.0. The summed E-state index contributed by atoms with van der Waals surface area (Å²) in [5.41, 5.74) is 0.783. The molecule has 0 aromatic heterocycles. The van der Waals surface area contributed by atoms with Gasteiger partial charge in [0.1, 0.15) is 5.82 Å². The highest BCUT2D eigenvalue weighted by molar-refractivity contribution is 7.80. The molecule has 1 fully saturated rings. The molecule has 1 unspecified atom stereocenters. The summed E-state index contributed by atoms with van der Waals surface area (Å²) in [6.45, 7) is 4.85. The Balaban J connectivity index is 1.67. The monoisotopic (exact) mass is 325 g/mol. The van der Waals surface area contributed by atoms with Crippen LogP contribution in [-0.2, 0) is 0 Å². The highest BCUT2D eigenvalue weighted by Gasteiger charge is 2.18. The van der Waals surface area contributed by atoms with Gasteiger partial charge in [0.25, 0.3) is 0 Å². The molecule has 2 rings (SSSR count). The third kappa shape index (κ3) is 4.90. The average Bonchev–Trinajstić information content (AvgIpc) is 2.55. The van der Waals surface area contributed by atoms with Crippen LogP contribution in [0.2, 0.25) is 0 Å². The second-order valence-corrected chi connectivity index (χ2v) is 5.98. The van der Waals surface area contributed by atoms with Crippen LogP contribution in [0.15, 0.2) is 24.3 Å². The van der Waals surface area contributed by atoms with Gasteiger partial charge in [-0.05, 0) is 49.3 Å². The standard InChI is InChI=1S/C16H24FN3OS/c1-18-16(22)20-11-9-19(10-12-20)8-2-3-15(21)13-4-6-14(17)7-5-13/h4-7,15,21H,2-3,8-12H2,1H3,(H,18,22). The van der Waals surface area contributed by atoms with E-state index in [2.05, 4.69) is 15.1 Å². The van der Waals surface area contributed by atoms with Crippen molar-refractivity contribution >= 4 is 17.3 Å². The van der Waals surface area contributed by atoms with Gasteiger partial charge in [-0.15, -0.1) is 0 Å². The molecule has 0 amide bonds. The van der Waals surface area contributed by atoms with Crippen molar-refractivity contribution in [3.05, 3.63) is 35.6 Å². The molecule has 2 N–H and O–H groups in total. The number of piperazine rings is 1. The Morgan fingerprint density at radius 1 is 1.27 bits per heavy atom. The van der Waals surface area contributed by atoms with Gasteiger partial charge in [-0.2, -0.15) is 0 Å². The Bertz CT molecular complexity index is 475. The van der Waals surface area contributed by atoms with Gasteiger partial charge in [0.15, 0.2) is 5.11 Å². The van der Waals surface area contributed by atoms with E-state index in [1.165, 1.54) is 12.1 Å². The molecule has 0 saturated carbocycles. The number of thiocarbonyl (C=S) groups is 1. The number of nitrogens with zero attached hydrogens (tertiary/aromatic N) is 2. The van der Waals surface area contributed by atoms with E-state index >= 15 is 0 Å². The Morgan fingerprint density at radius 2 is 1.91 bits per heavy atom. The Kier molecular flexibility index (Phi) is 6.54. The molecule has 1 aromatic rings. The fourth-order valence-corrected chi connectivity index (χ4v) is 2.88. The molecule has 0 aliphatic carbocycles. The van der Waals surface area contributed by atoms with Crippen LogP contribution in [-0.4, -0.2) is 59.8 Å². The maximum Gasteiger partial charge on any atom is 0.168 e. The van der Waals surface area contributed by atoms with Crippen molar-refractivity contribution < 1.29 is 9.50 Å². The first-order valence-electron chi connectivity index (χ1n) is 7.72. The van der Waals surface area contributed by atoms with Gasteiger partial charge < -0.3 is 15.3 Å². The molecule has 0 radical (unpaired) electrons. The molecule has 1 aliphatic heterocycles. The lowest BCUT2D eigenvalue weighted by Gasteiger charge is -2.36. The summed E-state index contributed by atoms with van der Waals surface area (Å²) in [4.78, 5) is 4.57. The number of aliphatic hydroxyl groups is 1. The molecular weight excluding hydrogens is 301 g/mol. The minimum Gasteiger partial charge on any atom is -0.388 e. The molecule has 122 valence electrons. The van der Waals surface area contributed by atoms with Crippen molar-refractivity contribution in [2.45, 2.75) is 18.9 Å². The molecule has 1 atom stereocenters. The summed E-state index contributed by atoms with van der Waals surface area (Å²) in [6.07, 6.45) is 1.11. The zero-order chi connectivity index (χ0) is 15.9. The van der Waals surface area contributed by atoms with Crippen LogP contribution in [0.1, 0.15) is 24.5 Å². The van der Waals surface area contributed by atoms with Gasteiger partial charge in [0.2, 0.25) is 0 Å². The maximum atomic E-state index is 12.9. The molecule has 1 aliphatic rings. The molecular formula is C16H24FN3OS. The first-order valence-corrected chi connectivity index (χ1v) is 8.13. The first-order chi connectivity index (χ1) is 10.6. The molecule has 22 heavy (non-hydrogen) atoms. The van der Waals surface area contributed by atoms with Crippen molar-refractivity contribution in [1.82, 2.24) is 15.1 Å². The van der Waals surface area contributed by atoms with E-state index in [0.717, 1.165) is 49.8 Å². The predicted octanol–water partition coefficient (Wildman–Crippen LogP) is 1.76. The van der Waals surface area contributed by atoms with Crippen LogP contribution in [0.4, 0.5) is 4.39 Å². The first kappa shape index (κ1) is 17.1. The summed E-state index contributed by atoms with van der Waals surface area (Å²) in [5, 5.41) is 13.9. The quantitative estimate of drug-likeness (QED) is 0.807. The van der Waals surface area contributed by atoms with E-state index in [9.17, 15) is 9.50 Å². The van der Waals surface area contributed by atoms with Crippen molar-refractivity contribution in [3.8, 4) is 0 Å². The van der Waals surface area contributed by atoms with Crippen LogP contribution in [0, 0.1) is 5.82 Å². The second-order valence-electron chi connectivity index (χ2n) is 5.59. The highest BCUT2D eigenvalue weighted by atomic mass is 32.1. The van der Waals surface area contributed by atoms with Crippen LogP contribution >= 0.6 is 12.2 Å². The smallest absolute Gasteiger partial charge is 0.168 e.